The summed E-state index contributed by atoms with van der Waals surface area (Å²) in [6.07, 6.45) is 4.21. The minimum atomic E-state index is 0.865. The second-order valence-corrected chi connectivity index (χ2v) is 5.77. The van der Waals surface area contributed by atoms with E-state index in [0.29, 0.717) is 0 Å². The normalized spacial score (nSPS) is 11.1. The van der Waals surface area contributed by atoms with Gasteiger partial charge in [-0.3, -0.25) is 0 Å². The Morgan fingerprint density at radius 2 is 1.57 bits per heavy atom. The molecule has 21 heavy (non-hydrogen) atoms. The minimum Gasteiger partial charge on any atom is -0.381 e. The zero-order chi connectivity index (χ0) is 15.4. The zero-order valence-electron chi connectivity index (χ0n) is 13.7. The summed E-state index contributed by atoms with van der Waals surface area (Å²) >= 11 is 0. The maximum absolute atomic E-state index is 3.54. The van der Waals surface area contributed by atoms with Gasteiger partial charge in [-0.05, 0) is 80.1 Å². The third-order valence-electron chi connectivity index (χ3n) is 4.14. The highest BCUT2D eigenvalue weighted by atomic mass is 14.9. The van der Waals surface area contributed by atoms with E-state index in [1.165, 1.54) is 39.1 Å². The largest absolute Gasteiger partial charge is 0.381 e. The number of aryl methyl sites for hydroxylation is 3. The van der Waals surface area contributed by atoms with Crippen LogP contribution in [0, 0.1) is 27.7 Å². The zero-order valence-corrected chi connectivity index (χ0v) is 13.7. The molecule has 0 atom stereocenters. The molecule has 110 valence electrons. The molecule has 1 nitrogen and oxygen atoms in total. The van der Waals surface area contributed by atoms with Gasteiger partial charge in [0.25, 0.3) is 0 Å². The van der Waals surface area contributed by atoms with Gasteiger partial charge in [-0.25, -0.2) is 0 Å². The summed E-state index contributed by atoms with van der Waals surface area (Å²) < 4.78 is 0. The van der Waals surface area contributed by atoms with Crippen molar-refractivity contribution in [2.24, 2.45) is 0 Å². The molecule has 2 aromatic rings. The Hall–Kier alpha value is -2.02. The third kappa shape index (κ3) is 3.75. The molecule has 0 saturated heterocycles. The van der Waals surface area contributed by atoms with Crippen LogP contribution in [0.15, 0.2) is 36.4 Å². The molecule has 0 aliphatic rings. The summed E-state index contributed by atoms with van der Waals surface area (Å²) in [4.78, 5) is 0. The van der Waals surface area contributed by atoms with Crippen LogP contribution < -0.4 is 5.32 Å². The fraction of sp³-hybridized carbons (Fsp3) is 0.300. The van der Waals surface area contributed by atoms with Crippen LogP contribution in [-0.2, 0) is 6.54 Å². The smallest absolute Gasteiger partial charge is 0.0403 e. The molecule has 0 aliphatic heterocycles. The lowest BCUT2D eigenvalue weighted by molar-refractivity contribution is 1.11. The van der Waals surface area contributed by atoms with Gasteiger partial charge in [0, 0.05) is 12.2 Å². The molecular weight excluding hydrogens is 254 g/mol. The van der Waals surface area contributed by atoms with Crippen LogP contribution in [0.1, 0.15) is 40.3 Å². The molecule has 0 aliphatic carbocycles. The number of nitrogens with one attached hydrogen (secondary N) is 1. The topological polar surface area (TPSA) is 12.0 Å². The van der Waals surface area contributed by atoms with E-state index in [-0.39, 0.29) is 0 Å². The maximum atomic E-state index is 3.54. The van der Waals surface area contributed by atoms with Gasteiger partial charge in [-0.1, -0.05) is 30.4 Å². The number of benzene rings is 2. The number of rotatable bonds is 4. The number of allylic oxidation sites excluding steroid dienone is 1. The molecule has 0 aromatic heterocycles. The molecule has 1 heteroatoms. The number of hydrogen-bond donors (Lipinski definition) is 1. The summed E-state index contributed by atoms with van der Waals surface area (Å²) in [6, 6.07) is 11.1. The van der Waals surface area contributed by atoms with Crippen molar-refractivity contribution in [1.82, 2.24) is 0 Å². The lowest BCUT2D eigenvalue weighted by Crippen LogP contribution is -2.02. The number of anilines is 1. The van der Waals surface area contributed by atoms with E-state index in [2.05, 4.69) is 75.5 Å². The highest BCUT2D eigenvalue weighted by molar-refractivity contribution is 5.54. The Morgan fingerprint density at radius 3 is 2.14 bits per heavy atom. The first-order valence-electron chi connectivity index (χ1n) is 7.55. The Labute approximate surface area is 128 Å². The van der Waals surface area contributed by atoms with Crippen molar-refractivity contribution in [1.29, 1.82) is 0 Å². The lowest BCUT2D eigenvalue weighted by atomic mass is 10.0. The summed E-state index contributed by atoms with van der Waals surface area (Å²) in [6.45, 7) is 11.6. The fourth-order valence-corrected chi connectivity index (χ4v) is 2.55. The van der Waals surface area contributed by atoms with Gasteiger partial charge in [-0.2, -0.15) is 0 Å². The molecule has 0 amide bonds. The molecular formula is C20H25N. The van der Waals surface area contributed by atoms with Gasteiger partial charge in [0.2, 0.25) is 0 Å². The van der Waals surface area contributed by atoms with Crippen molar-refractivity contribution < 1.29 is 0 Å². The van der Waals surface area contributed by atoms with Gasteiger partial charge >= 0.3 is 0 Å². The maximum Gasteiger partial charge on any atom is 0.0403 e. The molecule has 1 N–H and O–H groups in total. The first-order valence-corrected chi connectivity index (χ1v) is 7.55. The SMILES string of the molecule is C/C=C/c1ccc(CNc2cc(C)c(C)c(C)c2)c(C)c1. The fourth-order valence-electron chi connectivity index (χ4n) is 2.55. The summed E-state index contributed by atoms with van der Waals surface area (Å²) in [7, 11) is 0. The first-order chi connectivity index (χ1) is 10.0. The van der Waals surface area contributed by atoms with Crippen LogP contribution in [0.4, 0.5) is 5.69 Å². The van der Waals surface area contributed by atoms with Crippen molar-refractivity contribution in [3.63, 3.8) is 0 Å². The average molecular weight is 279 g/mol. The molecule has 0 unspecified atom stereocenters. The van der Waals surface area contributed by atoms with Crippen LogP contribution >= 0.6 is 0 Å². The molecule has 2 aromatic carbocycles. The summed E-state index contributed by atoms with van der Waals surface area (Å²) in [5, 5.41) is 3.54. The van der Waals surface area contributed by atoms with Crippen LogP contribution in [0.2, 0.25) is 0 Å². The van der Waals surface area contributed by atoms with E-state index in [0.717, 1.165) is 6.54 Å². The Kier molecular flexibility index (Phi) is 4.85. The van der Waals surface area contributed by atoms with Crippen molar-refractivity contribution in [2.75, 3.05) is 5.32 Å². The molecule has 0 heterocycles. The second kappa shape index (κ2) is 6.62. The Morgan fingerprint density at radius 1 is 0.905 bits per heavy atom. The van der Waals surface area contributed by atoms with E-state index < -0.39 is 0 Å². The molecule has 2 rings (SSSR count). The quantitative estimate of drug-likeness (QED) is 0.772. The Bertz CT molecular complexity index is 643. The first kappa shape index (κ1) is 15.4. The molecule has 0 radical (unpaired) electrons. The van der Waals surface area contributed by atoms with Gasteiger partial charge in [0.15, 0.2) is 0 Å². The van der Waals surface area contributed by atoms with Crippen LogP contribution in [0.5, 0.6) is 0 Å². The van der Waals surface area contributed by atoms with Crippen LogP contribution in [0.25, 0.3) is 6.08 Å². The van der Waals surface area contributed by atoms with Gasteiger partial charge in [-0.15, -0.1) is 0 Å². The highest BCUT2D eigenvalue weighted by Gasteiger charge is 2.03. The van der Waals surface area contributed by atoms with E-state index >= 15 is 0 Å². The molecule has 0 bridgehead atoms. The monoisotopic (exact) mass is 279 g/mol. The highest BCUT2D eigenvalue weighted by Crippen LogP contribution is 2.20. The minimum absolute atomic E-state index is 0.865. The number of hydrogen-bond acceptors (Lipinski definition) is 1. The predicted molar refractivity (Wildman–Crippen MR) is 93.9 cm³/mol. The summed E-state index contributed by atoms with van der Waals surface area (Å²) in [5.41, 5.74) is 9.22. The van der Waals surface area contributed by atoms with Gasteiger partial charge in [0.1, 0.15) is 0 Å². The van der Waals surface area contributed by atoms with E-state index in [1.807, 2.05) is 6.92 Å². The lowest BCUT2D eigenvalue weighted by Gasteiger charge is -2.13. The standard InChI is InChI=1S/C20H25N/c1-6-7-18-8-9-19(16(4)10-18)13-21-20-11-14(2)17(5)15(3)12-20/h6-12,21H,13H2,1-5H3/b7-6+. The Balaban J connectivity index is 2.13. The van der Waals surface area contributed by atoms with Crippen molar-refractivity contribution in [3.8, 4) is 0 Å². The van der Waals surface area contributed by atoms with Gasteiger partial charge < -0.3 is 5.32 Å². The van der Waals surface area contributed by atoms with Crippen molar-refractivity contribution in [3.05, 3.63) is 69.8 Å². The van der Waals surface area contributed by atoms with E-state index in [4.69, 9.17) is 0 Å². The van der Waals surface area contributed by atoms with Gasteiger partial charge in [0.05, 0.1) is 0 Å². The third-order valence-corrected chi connectivity index (χ3v) is 4.14. The van der Waals surface area contributed by atoms with Crippen LogP contribution in [0.3, 0.4) is 0 Å². The molecule has 0 spiro atoms. The van der Waals surface area contributed by atoms with E-state index in [9.17, 15) is 0 Å². The predicted octanol–water partition coefficient (Wildman–Crippen LogP) is 5.57. The van der Waals surface area contributed by atoms with Crippen molar-refractivity contribution >= 4 is 11.8 Å². The summed E-state index contributed by atoms with van der Waals surface area (Å²) in [5.74, 6) is 0. The molecule has 0 fully saturated rings. The van der Waals surface area contributed by atoms with E-state index in [1.54, 1.807) is 0 Å². The molecule has 0 saturated carbocycles. The second-order valence-electron chi connectivity index (χ2n) is 5.77. The van der Waals surface area contributed by atoms with Crippen LogP contribution in [-0.4, -0.2) is 0 Å². The van der Waals surface area contributed by atoms with Crippen molar-refractivity contribution in [2.45, 2.75) is 41.2 Å². The average Bonchev–Trinajstić information content (AvgIpc) is 2.44.